The quantitative estimate of drug-likeness (QED) is 0.576. The molecule has 1 fully saturated rings. The van der Waals surface area contributed by atoms with E-state index in [0.29, 0.717) is 12.3 Å². The monoisotopic (exact) mass is 429 g/mol. The molecule has 3 heterocycles. The number of anilines is 2. The molecule has 1 N–H and O–H groups in total. The fourth-order valence-electron chi connectivity index (χ4n) is 3.17. The van der Waals surface area contributed by atoms with E-state index in [1.54, 1.807) is 6.26 Å². The van der Waals surface area contributed by atoms with E-state index >= 15 is 0 Å². The maximum Gasteiger partial charge on any atom is 0.233 e. The van der Waals surface area contributed by atoms with Gasteiger partial charge in [-0.2, -0.15) is 0 Å². The maximum absolute atomic E-state index is 12.6. The fraction of sp³-hybridized carbons (Fsp3) is 0.350. The summed E-state index contributed by atoms with van der Waals surface area (Å²) in [6.07, 6.45) is 1.64. The van der Waals surface area contributed by atoms with Crippen LogP contribution in [0.3, 0.4) is 0 Å². The van der Waals surface area contributed by atoms with Crippen molar-refractivity contribution in [3.8, 4) is 0 Å². The SMILES string of the molecule is Cc1cccc(N2CCN(C(=O)CSc3nnc(NCc4ccco4)s3)CC2)c1. The zero-order chi connectivity index (χ0) is 20.1. The number of amides is 1. The molecule has 0 radical (unpaired) electrons. The Hall–Kier alpha value is -2.52. The highest BCUT2D eigenvalue weighted by Gasteiger charge is 2.21. The summed E-state index contributed by atoms with van der Waals surface area (Å²) in [6.45, 7) is 5.89. The van der Waals surface area contributed by atoms with Gasteiger partial charge in [0, 0.05) is 31.9 Å². The smallest absolute Gasteiger partial charge is 0.233 e. The number of furan rings is 1. The third-order valence-electron chi connectivity index (χ3n) is 4.72. The molecule has 1 aliphatic rings. The number of benzene rings is 1. The third-order valence-corrected chi connectivity index (χ3v) is 6.72. The van der Waals surface area contributed by atoms with Gasteiger partial charge in [-0.15, -0.1) is 10.2 Å². The van der Waals surface area contributed by atoms with Gasteiger partial charge < -0.3 is 19.5 Å². The second kappa shape index (κ2) is 9.32. The van der Waals surface area contributed by atoms with Crippen molar-refractivity contribution in [3.05, 3.63) is 54.0 Å². The molecule has 0 atom stereocenters. The summed E-state index contributed by atoms with van der Waals surface area (Å²) < 4.78 is 6.08. The molecule has 9 heteroatoms. The molecule has 3 aromatic rings. The second-order valence-corrected chi connectivity index (χ2v) is 9.00. The standard InChI is InChI=1S/C20H23N5O2S2/c1-15-4-2-5-16(12-15)24-7-9-25(10-8-24)18(26)14-28-20-23-22-19(29-20)21-13-17-6-3-11-27-17/h2-6,11-12H,7-10,13-14H2,1H3,(H,21,22). The van der Waals surface area contributed by atoms with Crippen LogP contribution in [0.25, 0.3) is 0 Å². The lowest BCUT2D eigenvalue weighted by atomic mass is 10.2. The Morgan fingerprint density at radius 2 is 2.07 bits per heavy atom. The highest BCUT2D eigenvalue weighted by Crippen LogP contribution is 2.26. The van der Waals surface area contributed by atoms with E-state index < -0.39 is 0 Å². The molecule has 152 valence electrons. The summed E-state index contributed by atoms with van der Waals surface area (Å²) in [4.78, 5) is 16.9. The molecule has 7 nitrogen and oxygen atoms in total. The summed E-state index contributed by atoms with van der Waals surface area (Å²) in [5.74, 6) is 1.38. The molecule has 0 bridgehead atoms. The predicted octanol–water partition coefficient (Wildman–Crippen LogP) is 3.49. The van der Waals surface area contributed by atoms with Gasteiger partial charge in [0.25, 0.3) is 0 Å². The van der Waals surface area contributed by atoms with Crippen molar-refractivity contribution in [1.29, 1.82) is 0 Å². The van der Waals surface area contributed by atoms with Crippen molar-refractivity contribution in [2.75, 3.05) is 42.1 Å². The van der Waals surface area contributed by atoms with Crippen molar-refractivity contribution in [2.24, 2.45) is 0 Å². The minimum atomic E-state index is 0.152. The van der Waals surface area contributed by atoms with Gasteiger partial charge in [0.05, 0.1) is 18.6 Å². The molecular weight excluding hydrogens is 406 g/mol. The Morgan fingerprint density at radius 3 is 2.83 bits per heavy atom. The topological polar surface area (TPSA) is 74.5 Å². The number of piperazine rings is 1. The maximum atomic E-state index is 12.6. The van der Waals surface area contributed by atoms with Gasteiger partial charge in [0.15, 0.2) is 4.34 Å². The van der Waals surface area contributed by atoms with E-state index in [2.05, 4.69) is 51.6 Å². The summed E-state index contributed by atoms with van der Waals surface area (Å²) in [7, 11) is 0. The van der Waals surface area contributed by atoms with Crippen LogP contribution >= 0.6 is 23.1 Å². The number of nitrogens with one attached hydrogen (secondary N) is 1. The molecule has 0 aliphatic carbocycles. The number of carbonyl (C=O) groups excluding carboxylic acids is 1. The van der Waals surface area contributed by atoms with Crippen LogP contribution in [0.15, 0.2) is 51.4 Å². The zero-order valence-corrected chi connectivity index (χ0v) is 17.8. The lowest BCUT2D eigenvalue weighted by molar-refractivity contribution is -0.128. The van der Waals surface area contributed by atoms with Crippen molar-refractivity contribution in [3.63, 3.8) is 0 Å². The van der Waals surface area contributed by atoms with Gasteiger partial charge in [0.2, 0.25) is 11.0 Å². The normalized spacial score (nSPS) is 14.2. The molecule has 1 amide bonds. The molecule has 0 unspecified atom stereocenters. The number of nitrogens with zero attached hydrogens (tertiary/aromatic N) is 4. The third kappa shape index (κ3) is 5.30. The van der Waals surface area contributed by atoms with E-state index in [9.17, 15) is 4.79 Å². The van der Waals surface area contributed by atoms with Crippen molar-refractivity contribution >= 4 is 39.8 Å². The Balaban J connectivity index is 1.21. The predicted molar refractivity (Wildman–Crippen MR) is 117 cm³/mol. The van der Waals surface area contributed by atoms with Gasteiger partial charge in [-0.05, 0) is 36.8 Å². The van der Waals surface area contributed by atoms with Crippen LogP contribution in [-0.4, -0.2) is 52.9 Å². The van der Waals surface area contributed by atoms with Crippen LogP contribution in [0.4, 0.5) is 10.8 Å². The number of aryl methyl sites for hydroxylation is 1. The first-order chi connectivity index (χ1) is 14.2. The largest absolute Gasteiger partial charge is 0.467 e. The van der Waals surface area contributed by atoms with Crippen LogP contribution in [-0.2, 0) is 11.3 Å². The summed E-state index contributed by atoms with van der Waals surface area (Å²) in [5, 5.41) is 12.2. The first-order valence-corrected chi connectivity index (χ1v) is 11.3. The minimum absolute atomic E-state index is 0.152. The van der Waals surface area contributed by atoms with Crippen LogP contribution < -0.4 is 10.2 Å². The highest BCUT2D eigenvalue weighted by molar-refractivity contribution is 8.01. The molecule has 0 saturated carbocycles. The van der Waals surface area contributed by atoms with E-state index in [-0.39, 0.29) is 5.91 Å². The Labute approximate surface area is 178 Å². The number of carbonyl (C=O) groups is 1. The number of thioether (sulfide) groups is 1. The molecule has 29 heavy (non-hydrogen) atoms. The van der Waals surface area contributed by atoms with Crippen LogP contribution in [0.5, 0.6) is 0 Å². The van der Waals surface area contributed by atoms with Crippen LogP contribution in [0.2, 0.25) is 0 Å². The molecule has 0 spiro atoms. The number of hydrogen-bond acceptors (Lipinski definition) is 8. The van der Waals surface area contributed by atoms with E-state index in [4.69, 9.17) is 4.42 Å². The molecule has 1 saturated heterocycles. The van der Waals surface area contributed by atoms with Crippen molar-refractivity contribution in [2.45, 2.75) is 17.8 Å². The summed E-state index contributed by atoms with van der Waals surface area (Å²) in [6, 6.07) is 12.3. The Bertz CT molecular complexity index is 936. The lowest BCUT2D eigenvalue weighted by Gasteiger charge is -2.36. The zero-order valence-electron chi connectivity index (χ0n) is 16.2. The van der Waals surface area contributed by atoms with Crippen LogP contribution in [0.1, 0.15) is 11.3 Å². The highest BCUT2D eigenvalue weighted by atomic mass is 32.2. The van der Waals surface area contributed by atoms with Gasteiger partial charge in [0.1, 0.15) is 5.76 Å². The van der Waals surface area contributed by atoms with Crippen molar-refractivity contribution in [1.82, 2.24) is 15.1 Å². The van der Waals surface area contributed by atoms with Crippen LogP contribution in [0, 0.1) is 6.92 Å². The lowest BCUT2D eigenvalue weighted by Crippen LogP contribution is -2.49. The molecular formula is C20H23N5O2S2. The molecule has 1 aromatic carbocycles. The first kappa shape index (κ1) is 19.8. The van der Waals surface area contributed by atoms with Crippen molar-refractivity contribution < 1.29 is 9.21 Å². The van der Waals surface area contributed by atoms with E-state index in [1.165, 1.54) is 34.3 Å². The Kier molecular flexibility index (Phi) is 6.36. The molecule has 4 rings (SSSR count). The summed E-state index contributed by atoms with van der Waals surface area (Å²) >= 11 is 2.89. The second-order valence-electron chi connectivity index (χ2n) is 6.80. The van der Waals surface area contributed by atoms with E-state index in [0.717, 1.165) is 41.4 Å². The van der Waals surface area contributed by atoms with Gasteiger partial charge in [-0.25, -0.2) is 0 Å². The van der Waals surface area contributed by atoms with Gasteiger partial charge >= 0.3 is 0 Å². The molecule has 2 aromatic heterocycles. The number of aromatic nitrogens is 2. The number of rotatable bonds is 7. The van der Waals surface area contributed by atoms with Gasteiger partial charge in [-0.3, -0.25) is 4.79 Å². The average molecular weight is 430 g/mol. The first-order valence-electron chi connectivity index (χ1n) is 9.49. The average Bonchev–Trinajstić information content (AvgIpc) is 3.42. The van der Waals surface area contributed by atoms with E-state index in [1.807, 2.05) is 17.0 Å². The number of hydrogen-bond donors (Lipinski definition) is 1. The Morgan fingerprint density at radius 1 is 1.21 bits per heavy atom. The molecule has 1 aliphatic heterocycles. The van der Waals surface area contributed by atoms with Gasteiger partial charge in [-0.1, -0.05) is 35.2 Å². The summed E-state index contributed by atoms with van der Waals surface area (Å²) in [5.41, 5.74) is 2.49. The minimum Gasteiger partial charge on any atom is -0.467 e. The fourth-order valence-corrected chi connectivity index (χ4v) is 4.82.